The van der Waals surface area contributed by atoms with Crippen LogP contribution in [0.1, 0.15) is 46.6 Å². The molecule has 0 bridgehead atoms. The van der Waals surface area contributed by atoms with Crippen LogP contribution in [-0.4, -0.2) is 41.7 Å². The van der Waals surface area contributed by atoms with Crippen molar-refractivity contribution in [3.63, 3.8) is 0 Å². The molecule has 1 fully saturated rings. The maximum Gasteiger partial charge on any atom is 0.308 e. The molecule has 1 aliphatic rings. The molecule has 23 heavy (non-hydrogen) atoms. The lowest BCUT2D eigenvalue weighted by atomic mass is 9.86. The molecule has 128 valence electrons. The third-order valence-corrected chi connectivity index (χ3v) is 5.36. The Hall–Kier alpha value is -1.47. The molecule has 1 amide bonds. The fraction of sp³-hybridized carbons (Fsp3) is 0.688. The maximum absolute atomic E-state index is 12.3. The number of ether oxygens (including phenoxy) is 1. The predicted molar refractivity (Wildman–Crippen MR) is 87.8 cm³/mol. The van der Waals surface area contributed by atoms with Crippen molar-refractivity contribution < 1.29 is 19.4 Å². The van der Waals surface area contributed by atoms with Gasteiger partial charge in [0.1, 0.15) is 4.88 Å². The molecule has 0 aliphatic carbocycles. The van der Waals surface area contributed by atoms with Gasteiger partial charge in [-0.05, 0) is 38.5 Å². The van der Waals surface area contributed by atoms with Crippen molar-refractivity contribution in [2.24, 2.45) is 11.8 Å². The van der Waals surface area contributed by atoms with Gasteiger partial charge < -0.3 is 15.2 Å². The minimum atomic E-state index is -0.857. The van der Waals surface area contributed by atoms with Crippen LogP contribution in [0.15, 0.2) is 0 Å². The zero-order valence-corrected chi connectivity index (χ0v) is 14.4. The number of amides is 1. The molecule has 0 saturated carbocycles. The first kappa shape index (κ1) is 17.9. The van der Waals surface area contributed by atoms with Crippen molar-refractivity contribution in [1.82, 2.24) is 10.3 Å². The van der Waals surface area contributed by atoms with Crippen molar-refractivity contribution in [3.05, 3.63) is 15.6 Å². The molecule has 1 aromatic heterocycles. The standard InChI is InChI=1S/C16H24N2O4S/c1-3-4-13-18-10(2)14(23-13)15(19)17-9-12(16(20)21)11-5-7-22-8-6-11/h11-12H,3-9H2,1-2H3,(H,17,19)(H,20,21). The van der Waals surface area contributed by atoms with Gasteiger partial charge in [0.2, 0.25) is 0 Å². The summed E-state index contributed by atoms with van der Waals surface area (Å²) in [4.78, 5) is 28.8. The fourth-order valence-electron chi connectivity index (χ4n) is 2.84. The highest BCUT2D eigenvalue weighted by atomic mass is 32.1. The van der Waals surface area contributed by atoms with Crippen LogP contribution >= 0.6 is 11.3 Å². The van der Waals surface area contributed by atoms with E-state index in [1.54, 1.807) is 0 Å². The van der Waals surface area contributed by atoms with Crippen LogP contribution in [-0.2, 0) is 16.0 Å². The number of carboxylic acid groups (broad SMARTS) is 1. The first-order valence-electron chi connectivity index (χ1n) is 8.08. The van der Waals surface area contributed by atoms with E-state index in [4.69, 9.17) is 4.74 Å². The Labute approximate surface area is 140 Å². The van der Waals surface area contributed by atoms with E-state index in [2.05, 4.69) is 17.2 Å². The van der Waals surface area contributed by atoms with E-state index in [1.807, 2.05) is 6.92 Å². The Morgan fingerprint density at radius 1 is 1.43 bits per heavy atom. The van der Waals surface area contributed by atoms with Crippen LogP contribution in [0, 0.1) is 18.8 Å². The normalized spacial score (nSPS) is 17.0. The van der Waals surface area contributed by atoms with Gasteiger partial charge in [-0.25, -0.2) is 4.98 Å². The topological polar surface area (TPSA) is 88.5 Å². The van der Waals surface area contributed by atoms with E-state index >= 15 is 0 Å². The number of aryl methyl sites for hydroxylation is 2. The van der Waals surface area contributed by atoms with Crippen molar-refractivity contribution >= 4 is 23.2 Å². The third-order valence-electron chi connectivity index (χ3n) is 4.15. The van der Waals surface area contributed by atoms with E-state index in [-0.39, 0.29) is 18.4 Å². The number of nitrogens with one attached hydrogen (secondary N) is 1. The first-order chi connectivity index (χ1) is 11.0. The van der Waals surface area contributed by atoms with E-state index in [0.717, 1.165) is 30.7 Å². The number of aliphatic carboxylic acids is 1. The van der Waals surface area contributed by atoms with Crippen molar-refractivity contribution in [1.29, 1.82) is 0 Å². The average Bonchev–Trinajstić information content (AvgIpc) is 2.89. The maximum atomic E-state index is 12.3. The third kappa shape index (κ3) is 4.75. The second kappa shape index (κ2) is 8.40. The van der Waals surface area contributed by atoms with E-state index in [9.17, 15) is 14.7 Å². The summed E-state index contributed by atoms with van der Waals surface area (Å²) >= 11 is 1.40. The number of carbonyl (C=O) groups excluding carboxylic acids is 1. The quantitative estimate of drug-likeness (QED) is 0.795. The predicted octanol–water partition coefficient (Wildman–Crippen LogP) is 2.26. The number of thiazole rings is 1. The lowest BCUT2D eigenvalue weighted by Gasteiger charge is -2.27. The molecule has 1 unspecified atom stereocenters. The van der Waals surface area contributed by atoms with Gasteiger partial charge in [0, 0.05) is 19.8 Å². The van der Waals surface area contributed by atoms with Crippen molar-refractivity contribution in [2.75, 3.05) is 19.8 Å². The Kier molecular flexibility index (Phi) is 6.53. The minimum absolute atomic E-state index is 0.0553. The molecule has 7 heteroatoms. The summed E-state index contributed by atoms with van der Waals surface area (Å²) in [6, 6.07) is 0. The molecule has 1 aromatic rings. The second-order valence-electron chi connectivity index (χ2n) is 5.88. The van der Waals surface area contributed by atoms with Crippen LogP contribution in [0.25, 0.3) is 0 Å². The van der Waals surface area contributed by atoms with Crippen LogP contribution < -0.4 is 5.32 Å². The Morgan fingerprint density at radius 2 is 2.13 bits per heavy atom. The Balaban J connectivity index is 1.97. The van der Waals surface area contributed by atoms with E-state index in [1.165, 1.54) is 11.3 Å². The molecule has 0 aromatic carbocycles. The van der Waals surface area contributed by atoms with Gasteiger partial charge >= 0.3 is 5.97 Å². The monoisotopic (exact) mass is 340 g/mol. The minimum Gasteiger partial charge on any atom is -0.481 e. The number of hydrogen-bond acceptors (Lipinski definition) is 5. The highest BCUT2D eigenvalue weighted by Crippen LogP contribution is 2.24. The molecular formula is C16H24N2O4S. The summed E-state index contributed by atoms with van der Waals surface area (Å²) in [5, 5.41) is 13.2. The van der Waals surface area contributed by atoms with Gasteiger partial charge in [-0.3, -0.25) is 9.59 Å². The molecule has 2 heterocycles. The lowest BCUT2D eigenvalue weighted by Crippen LogP contribution is -2.38. The molecule has 2 rings (SSSR count). The number of carboxylic acids is 1. The zero-order chi connectivity index (χ0) is 16.8. The molecule has 1 atom stereocenters. The van der Waals surface area contributed by atoms with E-state index < -0.39 is 11.9 Å². The number of rotatable bonds is 7. The van der Waals surface area contributed by atoms with Crippen LogP contribution in [0.5, 0.6) is 0 Å². The average molecular weight is 340 g/mol. The van der Waals surface area contributed by atoms with Gasteiger partial charge in [-0.15, -0.1) is 11.3 Å². The van der Waals surface area contributed by atoms with Crippen LogP contribution in [0.4, 0.5) is 0 Å². The molecular weight excluding hydrogens is 316 g/mol. The second-order valence-corrected chi connectivity index (χ2v) is 6.96. The summed E-state index contributed by atoms with van der Waals surface area (Å²) in [5.41, 5.74) is 0.717. The van der Waals surface area contributed by atoms with Crippen molar-refractivity contribution in [3.8, 4) is 0 Å². The summed E-state index contributed by atoms with van der Waals surface area (Å²) in [6.45, 7) is 5.23. The van der Waals surface area contributed by atoms with Gasteiger partial charge in [0.05, 0.1) is 16.6 Å². The lowest BCUT2D eigenvalue weighted by molar-refractivity contribution is -0.144. The number of carbonyl (C=O) groups is 2. The van der Waals surface area contributed by atoms with Crippen LogP contribution in [0.3, 0.4) is 0 Å². The van der Waals surface area contributed by atoms with Gasteiger partial charge in [0.15, 0.2) is 0 Å². The zero-order valence-electron chi connectivity index (χ0n) is 13.6. The van der Waals surface area contributed by atoms with E-state index in [0.29, 0.717) is 23.8 Å². The fourth-order valence-corrected chi connectivity index (χ4v) is 3.92. The molecule has 1 saturated heterocycles. The first-order valence-corrected chi connectivity index (χ1v) is 8.89. The van der Waals surface area contributed by atoms with Gasteiger partial charge in [0.25, 0.3) is 5.91 Å². The summed E-state index contributed by atoms with van der Waals surface area (Å²) < 4.78 is 5.28. The smallest absolute Gasteiger partial charge is 0.308 e. The number of aromatic nitrogens is 1. The SMILES string of the molecule is CCCc1nc(C)c(C(=O)NCC(C(=O)O)C2CCOCC2)s1. The molecule has 1 aliphatic heterocycles. The Bertz CT molecular complexity index is 552. The van der Waals surface area contributed by atoms with Crippen LogP contribution in [0.2, 0.25) is 0 Å². The highest BCUT2D eigenvalue weighted by Gasteiger charge is 2.30. The number of hydrogen-bond donors (Lipinski definition) is 2. The van der Waals surface area contributed by atoms with Gasteiger partial charge in [-0.1, -0.05) is 6.92 Å². The summed E-state index contributed by atoms with van der Waals surface area (Å²) in [7, 11) is 0. The summed E-state index contributed by atoms with van der Waals surface area (Å²) in [5.74, 6) is -1.59. The molecule has 0 spiro atoms. The molecule has 6 nitrogen and oxygen atoms in total. The largest absolute Gasteiger partial charge is 0.481 e. The molecule has 2 N–H and O–H groups in total. The van der Waals surface area contributed by atoms with Crippen molar-refractivity contribution in [2.45, 2.75) is 39.5 Å². The number of nitrogens with zero attached hydrogens (tertiary/aromatic N) is 1. The highest BCUT2D eigenvalue weighted by molar-refractivity contribution is 7.13. The Morgan fingerprint density at radius 3 is 2.74 bits per heavy atom. The summed E-state index contributed by atoms with van der Waals surface area (Å²) in [6.07, 6.45) is 3.30. The molecule has 0 radical (unpaired) electrons. The van der Waals surface area contributed by atoms with Gasteiger partial charge in [-0.2, -0.15) is 0 Å².